The van der Waals surface area contributed by atoms with Crippen LogP contribution in [0, 0.1) is 19.7 Å². The lowest BCUT2D eigenvalue weighted by molar-refractivity contribution is -0.131. The fraction of sp³-hybridized carbons (Fsp3) is 0.560. The third-order valence-corrected chi connectivity index (χ3v) is 6.70. The highest BCUT2D eigenvalue weighted by Crippen LogP contribution is 2.27. The normalized spacial score (nSPS) is 20.1. The van der Waals surface area contributed by atoms with Crippen LogP contribution in [0.25, 0.3) is 0 Å². The Morgan fingerprint density at radius 2 is 1.74 bits per heavy atom. The van der Waals surface area contributed by atoms with E-state index in [0.29, 0.717) is 13.0 Å². The maximum absolute atomic E-state index is 14.1. The lowest BCUT2D eigenvalue weighted by Gasteiger charge is -2.32. The van der Waals surface area contributed by atoms with E-state index in [1.165, 1.54) is 12.5 Å². The van der Waals surface area contributed by atoms with Gasteiger partial charge in [0.25, 0.3) is 0 Å². The Morgan fingerprint density at radius 1 is 1.03 bits per heavy atom. The number of benzene rings is 1. The van der Waals surface area contributed by atoms with Crippen molar-refractivity contribution in [1.29, 1.82) is 0 Å². The summed E-state index contributed by atoms with van der Waals surface area (Å²) >= 11 is 0. The highest BCUT2D eigenvalue weighted by atomic mass is 19.1. The first-order valence-electron chi connectivity index (χ1n) is 11.6. The molecule has 0 saturated carbocycles. The number of piperidine rings is 2. The number of likely N-dealkylation sites (tertiary alicyclic amines) is 2. The van der Waals surface area contributed by atoms with E-state index in [1.54, 1.807) is 6.07 Å². The minimum atomic E-state index is -0.143. The van der Waals surface area contributed by atoms with Gasteiger partial charge in [-0.05, 0) is 58.6 Å². The molecule has 1 atom stereocenters. The Bertz CT molecular complexity index is 902. The van der Waals surface area contributed by atoms with Crippen LogP contribution < -0.4 is 0 Å². The quantitative estimate of drug-likeness (QED) is 0.723. The predicted octanol–water partition coefficient (Wildman–Crippen LogP) is 4.17. The second-order valence-corrected chi connectivity index (χ2v) is 9.02. The minimum Gasteiger partial charge on any atom is -0.342 e. The molecule has 5 nitrogen and oxygen atoms in total. The molecule has 0 spiro atoms. The van der Waals surface area contributed by atoms with Gasteiger partial charge in [0, 0.05) is 54.6 Å². The van der Waals surface area contributed by atoms with Gasteiger partial charge in [-0.2, -0.15) is 0 Å². The molecule has 6 heteroatoms. The van der Waals surface area contributed by atoms with Gasteiger partial charge in [-0.25, -0.2) is 14.4 Å². The molecule has 31 heavy (non-hydrogen) atoms. The number of aromatic nitrogens is 2. The first-order valence-corrected chi connectivity index (χ1v) is 11.6. The second kappa shape index (κ2) is 9.86. The van der Waals surface area contributed by atoms with Crippen molar-refractivity contribution in [2.75, 3.05) is 26.2 Å². The van der Waals surface area contributed by atoms with Gasteiger partial charge in [-0.15, -0.1) is 0 Å². The molecule has 0 unspecified atom stereocenters. The number of nitrogens with zero attached hydrogens (tertiary/aromatic N) is 4. The number of halogens is 1. The molecule has 0 bridgehead atoms. The van der Waals surface area contributed by atoms with Crippen molar-refractivity contribution < 1.29 is 9.18 Å². The van der Waals surface area contributed by atoms with Crippen molar-refractivity contribution in [2.45, 2.75) is 64.8 Å². The molecule has 4 rings (SSSR count). The van der Waals surface area contributed by atoms with E-state index >= 15 is 0 Å². The average molecular weight is 425 g/mol. The maximum Gasteiger partial charge on any atom is 0.227 e. The fourth-order valence-electron chi connectivity index (χ4n) is 4.89. The zero-order chi connectivity index (χ0) is 21.8. The van der Waals surface area contributed by atoms with E-state index in [2.05, 4.69) is 4.90 Å². The van der Waals surface area contributed by atoms with E-state index in [-0.39, 0.29) is 17.6 Å². The molecule has 1 aromatic carbocycles. The summed E-state index contributed by atoms with van der Waals surface area (Å²) in [6, 6.07) is 7.00. The summed E-state index contributed by atoms with van der Waals surface area (Å²) in [4.78, 5) is 26.7. The first kappa shape index (κ1) is 21.9. The molecule has 2 aromatic rings. The molecule has 1 aromatic heterocycles. The molecule has 3 heterocycles. The van der Waals surface area contributed by atoms with Crippen LogP contribution in [-0.4, -0.2) is 51.9 Å². The number of hydrogen-bond acceptors (Lipinski definition) is 4. The van der Waals surface area contributed by atoms with Crippen molar-refractivity contribution in [2.24, 2.45) is 0 Å². The lowest BCUT2D eigenvalue weighted by Crippen LogP contribution is -2.37. The van der Waals surface area contributed by atoms with Crippen LogP contribution >= 0.6 is 0 Å². The molecular weight excluding hydrogens is 391 g/mol. The zero-order valence-electron chi connectivity index (χ0n) is 18.7. The van der Waals surface area contributed by atoms with Crippen LogP contribution in [0.4, 0.5) is 4.39 Å². The smallest absolute Gasteiger partial charge is 0.227 e. The Morgan fingerprint density at radius 3 is 2.45 bits per heavy atom. The summed E-state index contributed by atoms with van der Waals surface area (Å²) in [7, 11) is 0. The molecule has 2 aliphatic heterocycles. The minimum absolute atomic E-state index is 0.143. The number of aryl methyl sites for hydroxylation is 2. The van der Waals surface area contributed by atoms with Gasteiger partial charge in [-0.1, -0.05) is 18.2 Å². The molecule has 2 aliphatic rings. The lowest BCUT2D eigenvalue weighted by atomic mass is 9.95. The van der Waals surface area contributed by atoms with Gasteiger partial charge in [0.2, 0.25) is 5.91 Å². The Balaban J connectivity index is 1.44. The van der Waals surface area contributed by atoms with E-state index in [1.807, 2.05) is 30.9 Å². The van der Waals surface area contributed by atoms with Crippen molar-refractivity contribution in [1.82, 2.24) is 19.8 Å². The van der Waals surface area contributed by atoms with Gasteiger partial charge in [0.05, 0.1) is 6.42 Å². The summed E-state index contributed by atoms with van der Waals surface area (Å²) in [6.45, 7) is 8.15. The van der Waals surface area contributed by atoms with Crippen LogP contribution in [-0.2, 0) is 17.8 Å². The molecule has 1 amide bonds. The number of carbonyl (C=O) groups excluding carboxylic acids is 1. The summed E-state index contributed by atoms with van der Waals surface area (Å²) in [5.74, 6) is 1.15. The molecule has 166 valence electrons. The Kier molecular flexibility index (Phi) is 6.96. The standard InChI is InChI=1S/C25H33FN4O/c1-18-22(15-24(31)30-13-6-3-7-14-30)19(2)28-25(27-18)21-10-8-12-29(17-21)16-20-9-4-5-11-23(20)26/h4-5,9,11,21H,3,6-8,10,12-17H2,1-2H3/t21-/m1/s1. The van der Waals surface area contributed by atoms with Crippen molar-refractivity contribution in [3.63, 3.8) is 0 Å². The zero-order valence-corrected chi connectivity index (χ0v) is 18.7. The summed E-state index contributed by atoms with van der Waals surface area (Å²) in [5, 5.41) is 0. The Labute approximate surface area is 184 Å². The van der Waals surface area contributed by atoms with Crippen molar-refractivity contribution in [3.8, 4) is 0 Å². The van der Waals surface area contributed by atoms with Gasteiger partial charge < -0.3 is 4.90 Å². The van der Waals surface area contributed by atoms with Crippen molar-refractivity contribution in [3.05, 3.63) is 58.4 Å². The predicted molar refractivity (Wildman–Crippen MR) is 119 cm³/mol. The third kappa shape index (κ3) is 5.29. The van der Waals surface area contributed by atoms with Crippen LogP contribution in [0.15, 0.2) is 24.3 Å². The fourth-order valence-corrected chi connectivity index (χ4v) is 4.89. The molecular formula is C25H33FN4O. The topological polar surface area (TPSA) is 49.3 Å². The summed E-state index contributed by atoms with van der Waals surface area (Å²) < 4.78 is 14.1. The van der Waals surface area contributed by atoms with Gasteiger partial charge in [-0.3, -0.25) is 9.69 Å². The molecule has 2 fully saturated rings. The largest absolute Gasteiger partial charge is 0.342 e. The second-order valence-electron chi connectivity index (χ2n) is 9.02. The van der Waals surface area contributed by atoms with Crippen LogP contribution in [0.1, 0.15) is 66.4 Å². The van der Waals surface area contributed by atoms with E-state index in [4.69, 9.17) is 9.97 Å². The van der Waals surface area contributed by atoms with Gasteiger partial charge >= 0.3 is 0 Å². The van der Waals surface area contributed by atoms with E-state index in [0.717, 1.165) is 80.2 Å². The monoisotopic (exact) mass is 424 g/mol. The van der Waals surface area contributed by atoms with Gasteiger partial charge in [0.15, 0.2) is 0 Å². The number of amides is 1. The summed E-state index contributed by atoms with van der Waals surface area (Å²) in [5.41, 5.74) is 3.54. The van der Waals surface area contributed by atoms with E-state index < -0.39 is 0 Å². The summed E-state index contributed by atoms with van der Waals surface area (Å²) in [6.07, 6.45) is 5.90. The first-order chi connectivity index (χ1) is 15.0. The molecule has 0 N–H and O–H groups in total. The van der Waals surface area contributed by atoms with Crippen molar-refractivity contribution >= 4 is 5.91 Å². The number of rotatable bonds is 5. The van der Waals surface area contributed by atoms with Crippen LogP contribution in [0.2, 0.25) is 0 Å². The number of hydrogen-bond donors (Lipinski definition) is 0. The Hall–Kier alpha value is -2.34. The van der Waals surface area contributed by atoms with Gasteiger partial charge in [0.1, 0.15) is 11.6 Å². The van der Waals surface area contributed by atoms with Crippen LogP contribution in [0.3, 0.4) is 0 Å². The number of carbonyl (C=O) groups is 1. The highest BCUT2D eigenvalue weighted by molar-refractivity contribution is 5.79. The molecule has 0 radical (unpaired) electrons. The van der Waals surface area contributed by atoms with E-state index in [9.17, 15) is 9.18 Å². The van der Waals surface area contributed by atoms with Crippen LogP contribution in [0.5, 0.6) is 0 Å². The SMILES string of the molecule is Cc1nc([C@@H]2CCCN(Cc3ccccc3F)C2)nc(C)c1CC(=O)N1CCCCC1. The molecule has 0 aliphatic carbocycles. The third-order valence-electron chi connectivity index (χ3n) is 6.70. The maximum atomic E-state index is 14.1. The average Bonchev–Trinajstić information content (AvgIpc) is 2.78. The molecule has 2 saturated heterocycles. The highest BCUT2D eigenvalue weighted by Gasteiger charge is 2.26.